The predicted molar refractivity (Wildman–Crippen MR) is 73.9 cm³/mol. The van der Waals surface area contributed by atoms with E-state index in [1.807, 2.05) is 0 Å². The first-order valence-corrected chi connectivity index (χ1v) is 6.84. The van der Waals surface area contributed by atoms with E-state index in [9.17, 15) is 0 Å². The van der Waals surface area contributed by atoms with Crippen LogP contribution in [0.25, 0.3) is 0 Å². The maximum Gasteiger partial charge on any atom is 0.109 e. The van der Waals surface area contributed by atoms with Crippen LogP contribution in [0.5, 0.6) is 0 Å². The van der Waals surface area contributed by atoms with Gasteiger partial charge in [-0.25, -0.2) is 4.98 Å². The van der Waals surface area contributed by atoms with Crippen molar-refractivity contribution >= 4 is 0 Å². The van der Waals surface area contributed by atoms with Gasteiger partial charge in [-0.1, -0.05) is 29.8 Å². The van der Waals surface area contributed by atoms with E-state index >= 15 is 0 Å². The van der Waals surface area contributed by atoms with Crippen LogP contribution < -0.4 is 0 Å². The zero-order chi connectivity index (χ0) is 12.5. The summed E-state index contributed by atoms with van der Waals surface area (Å²) in [5, 5.41) is 0. The lowest BCUT2D eigenvalue weighted by molar-refractivity contribution is 0.425. The monoisotopic (exact) mass is 240 g/mol. The molecule has 0 N–H and O–H groups in total. The van der Waals surface area contributed by atoms with Crippen molar-refractivity contribution in [3.05, 3.63) is 53.1 Å². The molecule has 1 aromatic carbocycles. The Labute approximate surface area is 109 Å². The van der Waals surface area contributed by atoms with E-state index in [4.69, 9.17) is 4.98 Å². The van der Waals surface area contributed by atoms with Gasteiger partial charge in [0, 0.05) is 25.1 Å². The third-order valence-electron chi connectivity index (χ3n) is 3.86. The third-order valence-corrected chi connectivity index (χ3v) is 3.86. The van der Waals surface area contributed by atoms with Crippen LogP contribution in [-0.4, -0.2) is 9.55 Å². The second-order valence-electron chi connectivity index (χ2n) is 5.46. The normalized spacial score (nSPS) is 18.7. The topological polar surface area (TPSA) is 17.8 Å². The van der Waals surface area contributed by atoms with Crippen molar-refractivity contribution in [3.8, 4) is 0 Å². The van der Waals surface area contributed by atoms with Gasteiger partial charge in [0.25, 0.3) is 0 Å². The molecule has 1 aromatic heterocycles. The van der Waals surface area contributed by atoms with Crippen LogP contribution in [0.4, 0.5) is 0 Å². The second-order valence-corrected chi connectivity index (χ2v) is 5.46. The van der Waals surface area contributed by atoms with Crippen LogP contribution in [0.2, 0.25) is 0 Å². The molecule has 1 aliphatic rings. The van der Waals surface area contributed by atoms with Gasteiger partial charge >= 0.3 is 0 Å². The lowest BCUT2D eigenvalue weighted by Gasteiger charge is -2.20. The summed E-state index contributed by atoms with van der Waals surface area (Å²) in [6, 6.07) is 9.38. The van der Waals surface area contributed by atoms with Crippen LogP contribution in [0.1, 0.15) is 48.5 Å². The molecule has 0 radical (unpaired) electrons. The SMILES string of the molecule is Cc1ccc(Cc2cn3c(n2)CCCC3C)cc1. The largest absolute Gasteiger partial charge is 0.332 e. The van der Waals surface area contributed by atoms with Crippen molar-refractivity contribution in [3.63, 3.8) is 0 Å². The molecule has 0 aliphatic carbocycles. The van der Waals surface area contributed by atoms with Crippen LogP contribution in [0.15, 0.2) is 30.5 Å². The summed E-state index contributed by atoms with van der Waals surface area (Å²) in [6.07, 6.45) is 6.90. The lowest BCUT2D eigenvalue weighted by atomic mass is 10.1. The number of rotatable bonds is 2. The molecule has 0 saturated carbocycles. The molecule has 1 aliphatic heterocycles. The highest BCUT2D eigenvalue weighted by Gasteiger charge is 2.17. The summed E-state index contributed by atoms with van der Waals surface area (Å²) in [5.41, 5.74) is 3.88. The van der Waals surface area contributed by atoms with Gasteiger partial charge in [-0.3, -0.25) is 0 Å². The number of benzene rings is 1. The van der Waals surface area contributed by atoms with E-state index < -0.39 is 0 Å². The molecule has 2 heteroatoms. The molecule has 2 aromatic rings. The van der Waals surface area contributed by atoms with E-state index in [1.165, 1.54) is 35.5 Å². The van der Waals surface area contributed by atoms with Crippen molar-refractivity contribution in [1.82, 2.24) is 9.55 Å². The molecular weight excluding hydrogens is 220 g/mol. The van der Waals surface area contributed by atoms with Crippen LogP contribution in [-0.2, 0) is 12.8 Å². The number of aryl methyl sites for hydroxylation is 2. The fraction of sp³-hybridized carbons (Fsp3) is 0.438. The molecule has 1 atom stereocenters. The van der Waals surface area contributed by atoms with Gasteiger partial charge in [-0.15, -0.1) is 0 Å². The lowest BCUT2D eigenvalue weighted by Crippen LogP contribution is -2.14. The standard InChI is InChI=1S/C16H20N2/c1-12-6-8-14(9-7-12)10-15-11-18-13(2)4-3-5-16(18)17-15/h6-9,11,13H,3-5,10H2,1-2H3. The Bertz CT molecular complexity index is 537. The molecule has 2 nitrogen and oxygen atoms in total. The second kappa shape index (κ2) is 4.60. The maximum absolute atomic E-state index is 4.78. The first-order chi connectivity index (χ1) is 8.72. The molecule has 0 fully saturated rings. The Morgan fingerprint density at radius 1 is 1.28 bits per heavy atom. The molecule has 2 heterocycles. The highest BCUT2D eigenvalue weighted by atomic mass is 15.1. The Hall–Kier alpha value is -1.57. The first kappa shape index (κ1) is 11.5. The summed E-state index contributed by atoms with van der Waals surface area (Å²) in [4.78, 5) is 4.78. The van der Waals surface area contributed by atoms with E-state index in [0.717, 1.165) is 12.8 Å². The number of nitrogens with zero attached hydrogens (tertiary/aromatic N) is 2. The van der Waals surface area contributed by atoms with E-state index in [0.29, 0.717) is 6.04 Å². The fourth-order valence-electron chi connectivity index (χ4n) is 2.75. The highest BCUT2D eigenvalue weighted by Crippen LogP contribution is 2.24. The molecule has 3 rings (SSSR count). The molecule has 0 spiro atoms. The quantitative estimate of drug-likeness (QED) is 0.783. The number of hydrogen-bond donors (Lipinski definition) is 0. The van der Waals surface area contributed by atoms with Gasteiger partial charge in [0.2, 0.25) is 0 Å². The minimum atomic E-state index is 0.619. The van der Waals surface area contributed by atoms with E-state index in [2.05, 4.69) is 48.9 Å². The van der Waals surface area contributed by atoms with Gasteiger partial charge in [0.05, 0.1) is 5.69 Å². The zero-order valence-electron chi connectivity index (χ0n) is 11.2. The van der Waals surface area contributed by atoms with E-state index in [-0.39, 0.29) is 0 Å². The average Bonchev–Trinajstić information content (AvgIpc) is 2.76. The van der Waals surface area contributed by atoms with Gasteiger partial charge in [0.15, 0.2) is 0 Å². The van der Waals surface area contributed by atoms with Crippen molar-refractivity contribution in [1.29, 1.82) is 0 Å². The van der Waals surface area contributed by atoms with Crippen LogP contribution in [0, 0.1) is 6.92 Å². The molecule has 94 valence electrons. The zero-order valence-corrected chi connectivity index (χ0v) is 11.2. The number of fused-ring (bicyclic) bond motifs is 1. The molecule has 0 saturated heterocycles. The smallest absolute Gasteiger partial charge is 0.109 e. The van der Waals surface area contributed by atoms with Crippen LogP contribution in [0.3, 0.4) is 0 Å². The van der Waals surface area contributed by atoms with Gasteiger partial charge in [0.1, 0.15) is 5.82 Å². The number of hydrogen-bond acceptors (Lipinski definition) is 1. The highest BCUT2D eigenvalue weighted by molar-refractivity contribution is 5.25. The van der Waals surface area contributed by atoms with Gasteiger partial charge in [-0.05, 0) is 32.3 Å². The summed E-state index contributed by atoms with van der Waals surface area (Å²) in [7, 11) is 0. The number of imidazole rings is 1. The van der Waals surface area contributed by atoms with Gasteiger partial charge < -0.3 is 4.57 Å². The first-order valence-electron chi connectivity index (χ1n) is 6.84. The maximum atomic E-state index is 4.78. The summed E-state index contributed by atoms with van der Waals surface area (Å²) in [5.74, 6) is 1.27. The summed E-state index contributed by atoms with van der Waals surface area (Å²) < 4.78 is 2.37. The Morgan fingerprint density at radius 2 is 2.06 bits per heavy atom. The Kier molecular flexibility index (Phi) is 2.94. The minimum absolute atomic E-state index is 0.619. The predicted octanol–water partition coefficient (Wildman–Crippen LogP) is 3.68. The summed E-state index contributed by atoms with van der Waals surface area (Å²) in [6.45, 7) is 4.42. The van der Waals surface area contributed by atoms with Crippen molar-refractivity contribution < 1.29 is 0 Å². The van der Waals surface area contributed by atoms with Crippen molar-refractivity contribution in [2.45, 2.75) is 45.6 Å². The fourth-order valence-corrected chi connectivity index (χ4v) is 2.75. The third kappa shape index (κ3) is 2.20. The minimum Gasteiger partial charge on any atom is -0.332 e. The molecular formula is C16H20N2. The van der Waals surface area contributed by atoms with Crippen molar-refractivity contribution in [2.75, 3.05) is 0 Å². The molecule has 0 bridgehead atoms. The van der Waals surface area contributed by atoms with Gasteiger partial charge in [-0.2, -0.15) is 0 Å². The number of aromatic nitrogens is 2. The Balaban J connectivity index is 1.83. The summed E-state index contributed by atoms with van der Waals surface area (Å²) >= 11 is 0. The Morgan fingerprint density at radius 3 is 2.78 bits per heavy atom. The average molecular weight is 240 g/mol. The molecule has 1 unspecified atom stereocenters. The molecule has 0 amide bonds. The van der Waals surface area contributed by atoms with Crippen molar-refractivity contribution in [2.24, 2.45) is 0 Å². The van der Waals surface area contributed by atoms with Crippen LogP contribution >= 0.6 is 0 Å². The molecule has 18 heavy (non-hydrogen) atoms. The van der Waals surface area contributed by atoms with E-state index in [1.54, 1.807) is 0 Å².